The van der Waals surface area contributed by atoms with E-state index in [1.165, 1.54) is 58.4 Å². The van der Waals surface area contributed by atoms with Crippen molar-refractivity contribution >= 4 is 64.8 Å². The molecule has 0 atom stereocenters. The summed E-state index contributed by atoms with van der Waals surface area (Å²) in [5.74, 6) is 0. The van der Waals surface area contributed by atoms with Crippen LogP contribution >= 0.6 is 54.5 Å². The zero-order valence-corrected chi connectivity index (χ0v) is 16.0. The Morgan fingerprint density at radius 2 is 1.58 bits per heavy atom. The molecule has 0 N–H and O–H groups in total. The maximum atomic E-state index is 4.73. The number of rotatable bonds is 8. The molecule has 1 nitrogen and oxygen atoms in total. The van der Waals surface area contributed by atoms with Crippen molar-refractivity contribution in [3.8, 4) is 0 Å². The van der Waals surface area contributed by atoms with E-state index < -0.39 is 0 Å². The van der Waals surface area contributed by atoms with Gasteiger partial charge in [-0.15, -0.1) is 22.7 Å². The Labute approximate surface area is 140 Å². The smallest absolute Gasteiger partial charge is 0.108 e. The van der Waals surface area contributed by atoms with Crippen molar-refractivity contribution in [2.45, 2.75) is 58.3 Å². The quantitative estimate of drug-likeness (QED) is 0.409. The summed E-state index contributed by atoms with van der Waals surface area (Å²) in [5, 5.41) is 1.28. The van der Waals surface area contributed by atoms with E-state index in [4.69, 9.17) is 4.98 Å². The Kier molecular flexibility index (Phi) is 6.80. The van der Waals surface area contributed by atoms with Crippen LogP contribution in [-0.2, 0) is 6.42 Å². The van der Waals surface area contributed by atoms with Crippen LogP contribution in [0.2, 0.25) is 0 Å². The summed E-state index contributed by atoms with van der Waals surface area (Å²) in [5.41, 5.74) is 1.14. The average Bonchev–Trinajstić information content (AvgIpc) is 2.91. The largest absolute Gasteiger partial charge is 0.239 e. The van der Waals surface area contributed by atoms with Crippen LogP contribution in [0.15, 0.2) is 7.57 Å². The molecule has 2 rings (SSSR count). The van der Waals surface area contributed by atoms with Crippen LogP contribution in [0, 0.1) is 0 Å². The molecule has 0 aromatic carbocycles. The molecule has 5 heteroatoms. The molecule has 0 bridgehead atoms. The molecule has 0 unspecified atom stereocenters. The zero-order chi connectivity index (χ0) is 13.7. The van der Waals surface area contributed by atoms with Gasteiger partial charge in [0.25, 0.3) is 0 Å². The van der Waals surface area contributed by atoms with Crippen molar-refractivity contribution in [1.29, 1.82) is 0 Å². The zero-order valence-electron chi connectivity index (χ0n) is 11.2. The molecule has 0 aliphatic rings. The minimum atomic E-state index is 1.14. The monoisotopic (exact) mass is 423 g/mol. The highest BCUT2D eigenvalue weighted by atomic mass is 79.9. The van der Waals surface area contributed by atoms with E-state index in [1.54, 1.807) is 11.3 Å². The number of thiophene rings is 1. The van der Waals surface area contributed by atoms with Crippen LogP contribution in [0.3, 0.4) is 0 Å². The minimum Gasteiger partial charge on any atom is -0.239 e. The van der Waals surface area contributed by atoms with Crippen molar-refractivity contribution in [3.63, 3.8) is 0 Å². The molecule has 0 aliphatic heterocycles. The summed E-state index contributed by atoms with van der Waals surface area (Å²) < 4.78 is 3.66. The first kappa shape index (κ1) is 15.9. The third-order valence-electron chi connectivity index (χ3n) is 3.21. The van der Waals surface area contributed by atoms with E-state index in [-0.39, 0.29) is 0 Å². The Balaban J connectivity index is 1.74. The highest BCUT2D eigenvalue weighted by molar-refractivity contribution is 9.12. The molecule has 2 aromatic heterocycles. The fourth-order valence-corrected chi connectivity index (χ4v) is 6.47. The van der Waals surface area contributed by atoms with Crippen molar-refractivity contribution in [2.75, 3.05) is 0 Å². The summed E-state index contributed by atoms with van der Waals surface area (Å²) >= 11 is 10.7. The summed E-state index contributed by atoms with van der Waals surface area (Å²) in [4.78, 5) is 4.73. The van der Waals surface area contributed by atoms with E-state index in [1.807, 2.05) is 11.3 Å². The fourth-order valence-electron chi connectivity index (χ4n) is 2.14. The maximum absolute atomic E-state index is 4.73. The third kappa shape index (κ3) is 4.51. The van der Waals surface area contributed by atoms with E-state index in [0.717, 1.165) is 15.7 Å². The molecular formula is C14H19Br2NS2. The normalized spacial score (nSPS) is 11.5. The lowest BCUT2D eigenvalue weighted by molar-refractivity contribution is 0.589. The van der Waals surface area contributed by atoms with Gasteiger partial charge in [0.1, 0.15) is 5.52 Å². The number of nitrogens with zero attached hydrogens (tertiary/aromatic N) is 1. The summed E-state index contributed by atoms with van der Waals surface area (Å²) in [7, 11) is 0. The van der Waals surface area contributed by atoms with Gasteiger partial charge in [-0.1, -0.05) is 45.4 Å². The minimum absolute atomic E-state index is 1.14. The molecule has 0 spiro atoms. The molecule has 2 heterocycles. The molecule has 0 amide bonds. The molecule has 106 valence electrons. The highest BCUT2D eigenvalue weighted by Gasteiger charge is 2.13. The molecule has 0 aliphatic carbocycles. The number of aromatic nitrogens is 1. The second-order valence-corrected chi connectivity index (χ2v) is 9.55. The first-order chi connectivity index (χ1) is 9.22. The van der Waals surface area contributed by atoms with Crippen molar-refractivity contribution in [2.24, 2.45) is 0 Å². The van der Waals surface area contributed by atoms with Crippen molar-refractivity contribution in [1.82, 2.24) is 4.98 Å². The Hall–Kier alpha value is 0.550. The maximum Gasteiger partial charge on any atom is 0.108 e. The van der Waals surface area contributed by atoms with Crippen LogP contribution < -0.4 is 0 Å². The van der Waals surface area contributed by atoms with Crippen LogP contribution in [-0.4, -0.2) is 4.98 Å². The lowest BCUT2D eigenvalue weighted by Gasteiger charge is -1.99. The number of unbranched alkanes of at least 4 members (excludes halogenated alkanes) is 6. The van der Waals surface area contributed by atoms with E-state index in [0.29, 0.717) is 0 Å². The SMILES string of the molecule is CCCCCCCCCc1nc2c(Br)sc(Br)c2s1. The van der Waals surface area contributed by atoms with Gasteiger partial charge in [-0.3, -0.25) is 0 Å². The molecule has 0 fully saturated rings. The van der Waals surface area contributed by atoms with Gasteiger partial charge in [0.2, 0.25) is 0 Å². The van der Waals surface area contributed by atoms with Gasteiger partial charge in [-0.2, -0.15) is 0 Å². The van der Waals surface area contributed by atoms with Gasteiger partial charge < -0.3 is 0 Å². The molecule has 0 saturated heterocycles. The van der Waals surface area contributed by atoms with Gasteiger partial charge in [0.05, 0.1) is 17.3 Å². The number of fused-ring (bicyclic) bond motifs is 1. The highest BCUT2D eigenvalue weighted by Crippen LogP contribution is 2.42. The van der Waals surface area contributed by atoms with Crippen molar-refractivity contribution in [3.05, 3.63) is 12.6 Å². The lowest BCUT2D eigenvalue weighted by atomic mass is 10.1. The summed E-state index contributed by atoms with van der Waals surface area (Å²) in [6.45, 7) is 2.27. The Morgan fingerprint density at radius 1 is 0.895 bits per heavy atom. The summed E-state index contributed by atoms with van der Waals surface area (Å²) in [6, 6.07) is 0. The van der Waals surface area contributed by atoms with Crippen LogP contribution in [0.1, 0.15) is 56.9 Å². The van der Waals surface area contributed by atoms with Crippen LogP contribution in [0.4, 0.5) is 0 Å². The second kappa shape index (κ2) is 8.11. The Morgan fingerprint density at radius 3 is 2.26 bits per heavy atom. The van der Waals surface area contributed by atoms with Gasteiger partial charge in [0, 0.05) is 0 Å². The standard InChI is InChI=1S/C14H19Br2NS2/c1-2-3-4-5-6-7-8-9-10-17-11-12(18-10)14(16)19-13(11)15/h2-9H2,1H3. The van der Waals surface area contributed by atoms with Gasteiger partial charge in [0.15, 0.2) is 0 Å². The van der Waals surface area contributed by atoms with Gasteiger partial charge in [-0.05, 0) is 44.7 Å². The van der Waals surface area contributed by atoms with Crippen LogP contribution in [0.25, 0.3) is 10.2 Å². The Bertz CT molecular complexity index is 484. The first-order valence-corrected chi connectivity index (χ1v) is 10.2. The first-order valence-electron chi connectivity index (χ1n) is 6.95. The van der Waals surface area contributed by atoms with Gasteiger partial charge >= 0.3 is 0 Å². The molecule has 19 heavy (non-hydrogen) atoms. The second-order valence-electron chi connectivity index (χ2n) is 4.81. The molecule has 0 saturated carbocycles. The number of halogens is 2. The van der Waals surface area contributed by atoms with E-state index >= 15 is 0 Å². The molecule has 2 aromatic rings. The fraction of sp³-hybridized carbons (Fsp3) is 0.643. The topological polar surface area (TPSA) is 12.9 Å². The number of thiazole rings is 1. The van der Waals surface area contributed by atoms with Crippen LogP contribution in [0.5, 0.6) is 0 Å². The number of aryl methyl sites for hydroxylation is 1. The molecular weight excluding hydrogens is 406 g/mol. The van der Waals surface area contributed by atoms with E-state index in [9.17, 15) is 0 Å². The van der Waals surface area contributed by atoms with Crippen molar-refractivity contribution < 1.29 is 0 Å². The third-order valence-corrected chi connectivity index (χ3v) is 7.23. The van der Waals surface area contributed by atoms with E-state index in [2.05, 4.69) is 38.8 Å². The molecule has 0 radical (unpaired) electrons. The summed E-state index contributed by atoms with van der Waals surface area (Å²) in [6.07, 6.45) is 10.7. The predicted octanol–water partition coefficient (Wildman–Crippen LogP) is 7.18. The van der Waals surface area contributed by atoms with Gasteiger partial charge in [-0.25, -0.2) is 4.98 Å². The number of hydrogen-bond donors (Lipinski definition) is 0. The lowest BCUT2D eigenvalue weighted by Crippen LogP contribution is -1.85. The average molecular weight is 425 g/mol. The predicted molar refractivity (Wildman–Crippen MR) is 94.6 cm³/mol. The number of hydrogen-bond acceptors (Lipinski definition) is 3.